The molecule has 1 heterocycles. The number of hydrogen-bond acceptors (Lipinski definition) is 5. The predicted octanol–water partition coefficient (Wildman–Crippen LogP) is 0.902. The van der Waals surface area contributed by atoms with Crippen molar-refractivity contribution in [3.8, 4) is 11.5 Å². The van der Waals surface area contributed by atoms with Gasteiger partial charge in [-0.2, -0.15) is 0 Å². The summed E-state index contributed by atoms with van der Waals surface area (Å²) in [6.07, 6.45) is 0.254. The lowest BCUT2D eigenvalue weighted by Crippen LogP contribution is -2.23. The molecule has 0 fully saturated rings. The normalized spacial score (nSPS) is 14.8. The zero-order chi connectivity index (χ0) is 12.8. The number of benzene rings is 1. The Balaban J connectivity index is 1.76. The Kier molecular flexibility index (Phi) is 4.81. The van der Waals surface area contributed by atoms with E-state index in [4.69, 9.17) is 14.2 Å². The molecule has 18 heavy (non-hydrogen) atoms. The number of aliphatic hydroxyl groups is 1. The molecule has 100 valence electrons. The van der Waals surface area contributed by atoms with E-state index >= 15 is 0 Å². The monoisotopic (exact) mass is 253 g/mol. The predicted molar refractivity (Wildman–Crippen MR) is 66.8 cm³/mol. The highest BCUT2D eigenvalue weighted by Crippen LogP contribution is 2.35. The van der Waals surface area contributed by atoms with Crippen LogP contribution in [0.25, 0.3) is 0 Å². The Labute approximate surface area is 107 Å². The Bertz CT molecular complexity index is 383. The van der Waals surface area contributed by atoms with Crippen LogP contribution < -0.4 is 14.8 Å². The number of rotatable bonds is 7. The van der Waals surface area contributed by atoms with Crippen molar-refractivity contribution in [2.75, 3.05) is 27.1 Å². The Hall–Kier alpha value is -1.30. The molecule has 1 atom stereocenters. The van der Waals surface area contributed by atoms with E-state index in [2.05, 4.69) is 5.32 Å². The highest BCUT2D eigenvalue weighted by molar-refractivity contribution is 5.48. The summed E-state index contributed by atoms with van der Waals surface area (Å²) in [5.41, 5.74) is 1.08. The van der Waals surface area contributed by atoms with Gasteiger partial charge in [-0.1, -0.05) is 12.1 Å². The molecule has 0 saturated carbocycles. The minimum Gasteiger partial charge on any atom is -0.454 e. The highest BCUT2D eigenvalue weighted by Gasteiger charge is 2.16. The van der Waals surface area contributed by atoms with E-state index in [9.17, 15) is 5.11 Å². The van der Waals surface area contributed by atoms with Crippen LogP contribution in [-0.2, 0) is 11.3 Å². The molecule has 5 heteroatoms. The second-order valence-electron chi connectivity index (χ2n) is 4.23. The third-order valence-electron chi connectivity index (χ3n) is 2.81. The zero-order valence-corrected chi connectivity index (χ0v) is 10.5. The van der Waals surface area contributed by atoms with Crippen LogP contribution >= 0.6 is 0 Å². The molecule has 1 aliphatic rings. The molecule has 1 unspecified atom stereocenters. The van der Waals surface area contributed by atoms with Gasteiger partial charge in [0.15, 0.2) is 11.5 Å². The molecule has 0 aliphatic carbocycles. The molecule has 0 saturated heterocycles. The summed E-state index contributed by atoms with van der Waals surface area (Å²) in [5, 5.41) is 12.8. The fraction of sp³-hybridized carbons (Fsp3) is 0.538. The van der Waals surface area contributed by atoms with Gasteiger partial charge in [0, 0.05) is 19.2 Å². The highest BCUT2D eigenvalue weighted by atomic mass is 16.7. The van der Waals surface area contributed by atoms with E-state index in [0.717, 1.165) is 23.6 Å². The number of nitrogens with one attached hydrogen (secondary N) is 1. The summed E-state index contributed by atoms with van der Waals surface area (Å²) < 4.78 is 15.6. The summed E-state index contributed by atoms with van der Waals surface area (Å²) in [6.45, 7) is 2.10. The molecule has 1 aliphatic heterocycles. The van der Waals surface area contributed by atoms with Crippen molar-refractivity contribution in [3.63, 3.8) is 0 Å². The molecule has 0 spiro atoms. The number of ether oxygens (including phenoxy) is 3. The summed E-state index contributed by atoms with van der Waals surface area (Å²) in [7, 11) is 1.58. The molecule has 1 aromatic rings. The van der Waals surface area contributed by atoms with E-state index in [1.807, 2.05) is 18.2 Å². The average Bonchev–Trinajstić information content (AvgIpc) is 2.84. The number of para-hydroxylation sites is 1. The first-order valence-electron chi connectivity index (χ1n) is 6.06. The van der Waals surface area contributed by atoms with Crippen molar-refractivity contribution in [3.05, 3.63) is 23.8 Å². The Morgan fingerprint density at radius 2 is 2.33 bits per heavy atom. The van der Waals surface area contributed by atoms with E-state index in [1.165, 1.54) is 0 Å². The van der Waals surface area contributed by atoms with E-state index in [0.29, 0.717) is 26.4 Å². The lowest BCUT2D eigenvalue weighted by atomic mass is 10.2. The van der Waals surface area contributed by atoms with E-state index < -0.39 is 6.10 Å². The van der Waals surface area contributed by atoms with Crippen molar-refractivity contribution >= 4 is 0 Å². The third kappa shape index (κ3) is 3.35. The first-order valence-corrected chi connectivity index (χ1v) is 6.06. The minimum atomic E-state index is -0.413. The largest absolute Gasteiger partial charge is 0.454 e. The van der Waals surface area contributed by atoms with Gasteiger partial charge in [0.1, 0.15) is 0 Å². The first kappa shape index (κ1) is 13.1. The smallest absolute Gasteiger partial charge is 0.231 e. The van der Waals surface area contributed by atoms with Crippen LogP contribution in [0.3, 0.4) is 0 Å². The van der Waals surface area contributed by atoms with Gasteiger partial charge < -0.3 is 24.6 Å². The lowest BCUT2D eigenvalue weighted by molar-refractivity contribution is 0.0594. The van der Waals surface area contributed by atoms with Gasteiger partial charge in [-0.3, -0.25) is 0 Å². The topological polar surface area (TPSA) is 60.0 Å². The molecule has 2 N–H and O–H groups in total. The number of fused-ring (bicyclic) bond motifs is 1. The summed E-state index contributed by atoms with van der Waals surface area (Å²) in [4.78, 5) is 0. The van der Waals surface area contributed by atoms with Crippen LogP contribution in [0.15, 0.2) is 18.2 Å². The van der Waals surface area contributed by atoms with Gasteiger partial charge in [0.25, 0.3) is 0 Å². The fourth-order valence-electron chi connectivity index (χ4n) is 1.90. The number of hydrogen-bond donors (Lipinski definition) is 2. The fourth-order valence-corrected chi connectivity index (χ4v) is 1.90. The Morgan fingerprint density at radius 3 is 3.17 bits per heavy atom. The standard InChI is InChI=1S/C13H19NO4/c1-16-8-11(15)5-6-14-7-10-3-2-4-12-13(10)18-9-17-12/h2-4,11,14-15H,5-9H2,1H3. The average molecular weight is 253 g/mol. The van der Waals surface area contributed by atoms with Crippen molar-refractivity contribution in [1.29, 1.82) is 0 Å². The van der Waals surface area contributed by atoms with Gasteiger partial charge in [-0.15, -0.1) is 0 Å². The lowest BCUT2D eigenvalue weighted by Gasteiger charge is -2.11. The van der Waals surface area contributed by atoms with Crippen LogP contribution in [0.5, 0.6) is 11.5 Å². The third-order valence-corrected chi connectivity index (χ3v) is 2.81. The molecule has 0 bridgehead atoms. The molecule has 0 aromatic heterocycles. The second kappa shape index (κ2) is 6.58. The molecule has 0 amide bonds. The number of methoxy groups -OCH3 is 1. The van der Waals surface area contributed by atoms with Crippen molar-refractivity contribution in [2.45, 2.75) is 19.1 Å². The summed E-state index contributed by atoms with van der Waals surface area (Å²) in [6, 6.07) is 5.85. The maximum Gasteiger partial charge on any atom is 0.231 e. The van der Waals surface area contributed by atoms with E-state index in [-0.39, 0.29) is 0 Å². The quantitative estimate of drug-likeness (QED) is 0.707. The molecule has 1 aromatic carbocycles. The summed E-state index contributed by atoms with van der Waals surface area (Å²) in [5.74, 6) is 1.62. The van der Waals surface area contributed by atoms with Crippen molar-refractivity contribution < 1.29 is 19.3 Å². The zero-order valence-electron chi connectivity index (χ0n) is 10.5. The summed E-state index contributed by atoms with van der Waals surface area (Å²) >= 11 is 0. The second-order valence-corrected chi connectivity index (χ2v) is 4.23. The van der Waals surface area contributed by atoms with Crippen LogP contribution in [0, 0.1) is 0 Å². The maximum absolute atomic E-state index is 9.49. The molecule has 0 radical (unpaired) electrons. The van der Waals surface area contributed by atoms with E-state index in [1.54, 1.807) is 7.11 Å². The molecular formula is C13H19NO4. The first-order chi connectivity index (χ1) is 8.81. The van der Waals surface area contributed by atoms with Gasteiger partial charge in [-0.05, 0) is 19.0 Å². The van der Waals surface area contributed by atoms with Crippen LogP contribution in [0.4, 0.5) is 0 Å². The van der Waals surface area contributed by atoms with Gasteiger partial charge in [-0.25, -0.2) is 0 Å². The van der Waals surface area contributed by atoms with Gasteiger partial charge in [0.2, 0.25) is 6.79 Å². The maximum atomic E-state index is 9.49. The van der Waals surface area contributed by atoms with Gasteiger partial charge in [0.05, 0.1) is 12.7 Å². The van der Waals surface area contributed by atoms with Crippen molar-refractivity contribution in [2.24, 2.45) is 0 Å². The van der Waals surface area contributed by atoms with Crippen molar-refractivity contribution in [1.82, 2.24) is 5.32 Å². The van der Waals surface area contributed by atoms with Crippen LogP contribution in [0.1, 0.15) is 12.0 Å². The van der Waals surface area contributed by atoms with Crippen LogP contribution in [-0.4, -0.2) is 38.3 Å². The van der Waals surface area contributed by atoms with Gasteiger partial charge >= 0.3 is 0 Å². The Morgan fingerprint density at radius 1 is 1.44 bits per heavy atom. The molecular weight excluding hydrogens is 234 g/mol. The number of aliphatic hydroxyl groups excluding tert-OH is 1. The molecule has 5 nitrogen and oxygen atoms in total. The minimum absolute atomic E-state index is 0.291. The van der Waals surface area contributed by atoms with Crippen LogP contribution in [0.2, 0.25) is 0 Å². The molecule has 2 rings (SSSR count). The SMILES string of the molecule is COCC(O)CCNCc1cccc2c1OCO2.